The van der Waals surface area contributed by atoms with Crippen molar-refractivity contribution in [3.63, 3.8) is 0 Å². The van der Waals surface area contributed by atoms with Crippen molar-refractivity contribution in [2.45, 2.75) is 19.6 Å². The summed E-state index contributed by atoms with van der Waals surface area (Å²) in [6.45, 7) is 2.74. The minimum atomic E-state index is -0.421. The molecule has 31 heavy (non-hydrogen) atoms. The Hall–Kier alpha value is -3.04. The number of fused-ring (bicyclic) bond motifs is 1. The number of carbonyl (C=O) groups is 2. The van der Waals surface area contributed by atoms with Crippen molar-refractivity contribution in [2.24, 2.45) is 0 Å². The largest absolute Gasteiger partial charge is 0.370 e. The SMILES string of the molecule is Cc1ccc(=O)n(CC(=O)N2CCO[C@@H](c3c(C(=O)N(C)C)sc4ccccc34)C2)n1. The summed E-state index contributed by atoms with van der Waals surface area (Å²) in [4.78, 5) is 41.7. The van der Waals surface area contributed by atoms with E-state index in [0.29, 0.717) is 30.3 Å². The number of ether oxygens (including phenoxy) is 1. The van der Waals surface area contributed by atoms with E-state index in [4.69, 9.17) is 4.74 Å². The second-order valence-corrected chi connectivity index (χ2v) is 8.76. The van der Waals surface area contributed by atoms with Gasteiger partial charge < -0.3 is 14.5 Å². The fourth-order valence-electron chi connectivity index (χ4n) is 3.69. The van der Waals surface area contributed by atoms with E-state index < -0.39 is 6.10 Å². The van der Waals surface area contributed by atoms with Gasteiger partial charge in [0.15, 0.2) is 0 Å². The van der Waals surface area contributed by atoms with Gasteiger partial charge in [0.25, 0.3) is 11.5 Å². The standard InChI is InChI=1S/C22H24N4O4S/c1-14-8-9-18(27)26(23-14)13-19(28)25-10-11-30-16(12-25)20-15-6-4-5-7-17(15)31-21(20)22(29)24(2)3/h4-9,16H,10-13H2,1-3H3/t16-/m1/s1. The number of benzene rings is 1. The summed E-state index contributed by atoms with van der Waals surface area (Å²) in [6, 6.07) is 10.9. The summed E-state index contributed by atoms with van der Waals surface area (Å²) in [5.74, 6) is -0.285. The molecule has 0 radical (unpaired) electrons. The van der Waals surface area contributed by atoms with Gasteiger partial charge in [0, 0.05) is 37.0 Å². The Balaban J connectivity index is 1.63. The molecular formula is C22H24N4O4S. The zero-order valence-electron chi connectivity index (χ0n) is 17.7. The maximum atomic E-state index is 12.9. The van der Waals surface area contributed by atoms with Crippen LogP contribution >= 0.6 is 11.3 Å². The minimum absolute atomic E-state index is 0.0845. The number of aryl methyl sites for hydroxylation is 1. The van der Waals surface area contributed by atoms with Crippen molar-refractivity contribution in [2.75, 3.05) is 33.8 Å². The number of hydrogen-bond donors (Lipinski definition) is 0. The third-order valence-electron chi connectivity index (χ3n) is 5.26. The van der Waals surface area contributed by atoms with Gasteiger partial charge in [0.2, 0.25) is 5.91 Å². The van der Waals surface area contributed by atoms with Gasteiger partial charge in [-0.3, -0.25) is 14.4 Å². The monoisotopic (exact) mass is 440 g/mol. The van der Waals surface area contributed by atoms with Crippen molar-refractivity contribution in [1.29, 1.82) is 0 Å². The number of carbonyl (C=O) groups excluding carboxylic acids is 2. The van der Waals surface area contributed by atoms with Gasteiger partial charge in [-0.15, -0.1) is 11.3 Å². The minimum Gasteiger partial charge on any atom is -0.370 e. The highest BCUT2D eigenvalue weighted by atomic mass is 32.1. The quantitative estimate of drug-likeness (QED) is 0.620. The molecule has 0 aliphatic carbocycles. The first-order valence-corrected chi connectivity index (χ1v) is 10.8. The number of amides is 2. The first-order chi connectivity index (χ1) is 14.8. The number of morpholine rings is 1. The highest BCUT2D eigenvalue weighted by molar-refractivity contribution is 7.21. The Morgan fingerprint density at radius 1 is 1.23 bits per heavy atom. The molecule has 1 fully saturated rings. The van der Waals surface area contributed by atoms with Gasteiger partial charge in [0.05, 0.1) is 23.7 Å². The molecular weight excluding hydrogens is 416 g/mol. The number of hydrogen-bond acceptors (Lipinski definition) is 6. The van der Waals surface area contributed by atoms with E-state index in [0.717, 1.165) is 15.6 Å². The Kier molecular flexibility index (Phi) is 5.88. The van der Waals surface area contributed by atoms with Crippen molar-refractivity contribution < 1.29 is 14.3 Å². The Bertz CT molecular complexity index is 1200. The molecule has 3 aromatic rings. The van der Waals surface area contributed by atoms with Crippen molar-refractivity contribution >= 4 is 33.2 Å². The maximum absolute atomic E-state index is 12.9. The van der Waals surface area contributed by atoms with Gasteiger partial charge >= 0.3 is 0 Å². The first-order valence-electron chi connectivity index (χ1n) is 10.0. The molecule has 9 heteroatoms. The molecule has 4 rings (SSSR count). The van der Waals surface area contributed by atoms with Crippen LogP contribution in [0.5, 0.6) is 0 Å². The molecule has 1 saturated heterocycles. The Morgan fingerprint density at radius 3 is 2.77 bits per heavy atom. The molecule has 0 spiro atoms. The molecule has 1 aromatic carbocycles. The van der Waals surface area contributed by atoms with Crippen molar-refractivity contribution in [3.05, 3.63) is 62.9 Å². The fourth-order valence-corrected chi connectivity index (χ4v) is 4.97. The highest BCUT2D eigenvalue weighted by Gasteiger charge is 2.32. The van der Waals surface area contributed by atoms with Crippen LogP contribution in [0.15, 0.2) is 41.2 Å². The first kappa shape index (κ1) is 21.2. The van der Waals surface area contributed by atoms with Gasteiger partial charge in [-0.1, -0.05) is 18.2 Å². The van der Waals surface area contributed by atoms with Crippen LogP contribution in [0.4, 0.5) is 0 Å². The summed E-state index contributed by atoms with van der Waals surface area (Å²) >= 11 is 1.44. The van der Waals surface area contributed by atoms with Crippen LogP contribution < -0.4 is 5.56 Å². The third kappa shape index (κ3) is 4.24. The van der Waals surface area contributed by atoms with Crippen LogP contribution in [0.2, 0.25) is 0 Å². The molecule has 1 aliphatic rings. The van der Waals surface area contributed by atoms with Crippen molar-refractivity contribution in [3.8, 4) is 0 Å². The molecule has 1 atom stereocenters. The summed E-state index contributed by atoms with van der Waals surface area (Å²) < 4.78 is 8.22. The van der Waals surface area contributed by atoms with Gasteiger partial charge in [-0.05, 0) is 24.4 Å². The molecule has 2 amide bonds. The summed E-state index contributed by atoms with van der Waals surface area (Å²) in [5.41, 5.74) is 1.18. The van der Waals surface area contributed by atoms with Gasteiger partial charge in [-0.2, -0.15) is 5.10 Å². The zero-order valence-corrected chi connectivity index (χ0v) is 18.5. The Morgan fingerprint density at radius 2 is 2.00 bits per heavy atom. The predicted octanol–water partition coefficient (Wildman–Crippen LogP) is 2.07. The molecule has 2 aromatic heterocycles. The smallest absolute Gasteiger partial charge is 0.267 e. The molecule has 0 unspecified atom stereocenters. The van der Waals surface area contributed by atoms with E-state index >= 15 is 0 Å². The van der Waals surface area contributed by atoms with Crippen LogP contribution in [0.25, 0.3) is 10.1 Å². The fraction of sp³-hybridized carbons (Fsp3) is 0.364. The zero-order chi connectivity index (χ0) is 22.1. The van der Waals surface area contributed by atoms with E-state index in [1.165, 1.54) is 22.1 Å². The molecule has 0 bridgehead atoms. The molecule has 162 valence electrons. The van der Waals surface area contributed by atoms with E-state index in [1.54, 1.807) is 36.9 Å². The second kappa shape index (κ2) is 8.60. The van der Waals surface area contributed by atoms with E-state index in [9.17, 15) is 14.4 Å². The lowest BCUT2D eigenvalue weighted by molar-refractivity contribution is -0.139. The Labute approximate surface area is 183 Å². The average molecular weight is 441 g/mol. The normalized spacial score (nSPS) is 16.5. The van der Waals surface area contributed by atoms with Crippen LogP contribution in [0.3, 0.4) is 0 Å². The molecule has 3 heterocycles. The van der Waals surface area contributed by atoms with Gasteiger partial charge in [0.1, 0.15) is 12.6 Å². The summed E-state index contributed by atoms with van der Waals surface area (Å²) in [6.07, 6.45) is -0.421. The number of thiophene rings is 1. The van der Waals surface area contributed by atoms with Gasteiger partial charge in [-0.25, -0.2) is 4.68 Å². The lowest BCUT2D eigenvalue weighted by Crippen LogP contribution is -2.45. The lowest BCUT2D eigenvalue weighted by Gasteiger charge is -2.33. The topological polar surface area (TPSA) is 84.7 Å². The number of rotatable bonds is 4. The van der Waals surface area contributed by atoms with Crippen LogP contribution in [0, 0.1) is 6.92 Å². The molecule has 1 aliphatic heterocycles. The van der Waals surface area contributed by atoms with E-state index in [1.807, 2.05) is 24.3 Å². The number of aromatic nitrogens is 2. The van der Waals surface area contributed by atoms with Crippen LogP contribution in [-0.4, -0.2) is 65.2 Å². The predicted molar refractivity (Wildman–Crippen MR) is 118 cm³/mol. The maximum Gasteiger partial charge on any atom is 0.267 e. The second-order valence-electron chi connectivity index (χ2n) is 7.71. The lowest BCUT2D eigenvalue weighted by atomic mass is 10.0. The van der Waals surface area contributed by atoms with E-state index in [2.05, 4.69) is 5.10 Å². The third-order valence-corrected chi connectivity index (χ3v) is 6.43. The van der Waals surface area contributed by atoms with Crippen molar-refractivity contribution in [1.82, 2.24) is 19.6 Å². The molecule has 0 saturated carbocycles. The summed E-state index contributed by atoms with van der Waals surface area (Å²) in [7, 11) is 3.45. The summed E-state index contributed by atoms with van der Waals surface area (Å²) in [5, 5.41) is 5.12. The number of nitrogens with zero attached hydrogens (tertiary/aromatic N) is 4. The van der Waals surface area contributed by atoms with E-state index in [-0.39, 0.29) is 23.9 Å². The average Bonchev–Trinajstić information content (AvgIpc) is 3.15. The van der Waals surface area contributed by atoms with Crippen LogP contribution in [-0.2, 0) is 16.1 Å². The molecule has 8 nitrogen and oxygen atoms in total. The highest BCUT2D eigenvalue weighted by Crippen LogP contribution is 2.38. The molecule has 0 N–H and O–H groups in total. The van der Waals surface area contributed by atoms with Crippen LogP contribution in [0.1, 0.15) is 27.0 Å².